The lowest BCUT2D eigenvalue weighted by atomic mass is 10.0. The Morgan fingerprint density at radius 1 is 1.29 bits per heavy atom. The standard InChI is InChI=1S/C15H15NO/c1-2-3-4-9-15(17)13-10-11-16-14-8-6-5-7-12(13)14/h1,5-8,10-11,15,17H,3-4,9H2. The first-order valence-corrected chi connectivity index (χ1v) is 5.78. The summed E-state index contributed by atoms with van der Waals surface area (Å²) in [6.07, 6.45) is 8.72. The second kappa shape index (κ2) is 5.47. The molecule has 0 aliphatic rings. The molecule has 2 nitrogen and oxygen atoms in total. The number of aromatic nitrogens is 1. The Balaban J connectivity index is 2.26. The smallest absolute Gasteiger partial charge is 0.0797 e. The van der Waals surface area contributed by atoms with Gasteiger partial charge in [-0.3, -0.25) is 4.98 Å². The number of aliphatic hydroxyl groups excluding tert-OH is 1. The van der Waals surface area contributed by atoms with Crippen LogP contribution in [0.5, 0.6) is 0 Å². The molecule has 1 heterocycles. The average molecular weight is 225 g/mol. The highest BCUT2D eigenvalue weighted by atomic mass is 16.3. The number of nitrogens with zero attached hydrogens (tertiary/aromatic N) is 1. The Morgan fingerprint density at radius 3 is 2.94 bits per heavy atom. The van der Waals surface area contributed by atoms with Gasteiger partial charge in [0.25, 0.3) is 0 Å². The van der Waals surface area contributed by atoms with E-state index in [2.05, 4.69) is 10.9 Å². The molecule has 17 heavy (non-hydrogen) atoms. The van der Waals surface area contributed by atoms with E-state index in [4.69, 9.17) is 6.42 Å². The lowest BCUT2D eigenvalue weighted by molar-refractivity contribution is 0.166. The molecule has 0 aliphatic carbocycles. The number of terminal acetylenes is 1. The molecule has 1 aromatic heterocycles. The second-order valence-electron chi connectivity index (χ2n) is 4.03. The van der Waals surface area contributed by atoms with Crippen LogP contribution in [0.3, 0.4) is 0 Å². The molecule has 2 heteroatoms. The summed E-state index contributed by atoms with van der Waals surface area (Å²) < 4.78 is 0. The number of unbranched alkanes of at least 4 members (excludes halogenated alkanes) is 1. The van der Waals surface area contributed by atoms with Crippen molar-refractivity contribution < 1.29 is 5.11 Å². The molecule has 0 aliphatic heterocycles. The third-order valence-corrected chi connectivity index (χ3v) is 2.84. The topological polar surface area (TPSA) is 33.1 Å². The minimum atomic E-state index is -0.462. The summed E-state index contributed by atoms with van der Waals surface area (Å²) in [4.78, 5) is 4.28. The van der Waals surface area contributed by atoms with Crippen LogP contribution in [0.2, 0.25) is 0 Å². The Bertz CT molecular complexity index is 537. The zero-order chi connectivity index (χ0) is 12.1. The molecule has 0 amide bonds. The Kier molecular flexibility index (Phi) is 3.74. The molecule has 1 atom stereocenters. The van der Waals surface area contributed by atoms with Crippen LogP contribution in [0.15, 0.2) is 36.5 Å². The van der Waals surface area contributed by atoms with Crippen molar-refractivity contribution in [1.82, 2.24) is 4.98 Å². The first-order valence-electron chi connectivity index (χ1n) is 5.78. The van der Waals surface area contributed by atoms with E-state index in [-0.39, 0.29) is 0 Å². The van der Waals surface area contributed by atoms with Gasteiger partial charge in [0.15, 0.2) is 0 Å². The summed E-state index contributed by atoms with van der Waals surface area (Å²) in [6.45, 7) is 0. The predicted octanol–water partition coefficient (Wildman–Crippen LogP) is 3.07. The fraction of sp³-hybridized carbons (Fsp3) is 0.267. The van der Waals surface area contributed by atoms with Crippen molar-refractivity contribution in [1.29, 1.82) is 0 Å². The molecule has 2 aromatic rings. The van der Waals surface area contributed by atoms with E-state index in [0.29, 0.717) is 12.8 Å². The summed E-state index contributed by atoms with van der Waals surface area (Å²) in [7, 11) is 0. The molecule has 1 N–H and O–H groups in total. The lowest BCUT2D eigenvalue weighted by Crippen LogP contribution is -1.99. The van der Waals surface area contributed by atoms with E-state index in [0.717, 1.165) is 22.9 Å². The molecular weight excluding hydrogens is 210 g/mol. The SMILES string of the molecule is C#CCCCC(O)c1ccnc2ccccc12. The Labute approximate surface area is 101 Å². The fourth-order valence-electron chi connectivity index (χ4n) is 1.96. The van der Waals surface area contributed by atoms with Gasteiger partial charge in [-0.1, -0.05) is 18.2 Å². The van der Waals surface area contributed by atoms with Gasteiger partial charge in [-0.15, -0.1) is 12.3 Å². The summed E-state index contributed by atoms with van der Waals surface area (Å²) in [5.41, 5.74) is 1.86. The van der Waals surface area contributed by atoms with E-state index in [1.54, 1.807) is 6.20 Å². The average Bonchev–Trinajstić information content (AvgIpc) is 2.38. The van der Waals surface area contributed by atoms with E-state index in [1.165, 1.54) is 0 Å². The van der Waals surface area contributed by atoms with Gasteiger partial charge >= 0.3 is 0 Å². The van der Waals surface area contributed by atoms with E-state index in [1.807, 2.05) is 30.3 Å². The minimum absolute atomic E-state index is 0.462. The van der Waals surface area contributed by atoms with Gasteiger partial charge in [0.1, 0.15) is 0 Å². The lowest BCUT2D eigenvalue weighted by Gasteiger charge is -2.12. The highest BCUT2D eigenvalue weighted by molar-refractivity contribution is 5.82. The van der Waals surface area contributed by atoms with Gasteiger partial charge in [-0.25, -0.2) is 0 Å². The van der Waals surface area contributed by atoms with Gasteiger partial charge in [0.2, 0.25) is 0 Å². The van der Waals surface area contributed by atoms with Crippen molar-refractivity contribution in [2.45, 2.75) is 25.4 Å². The van der Waals surface area contributed by atoms with Gasteiger partial charge in [-0.05, 0) is 30.5 Å². The molecule has 1 unspecified atom stereocenters. The summed E-state index contributed by atoms with van der Waals surface area (Å²) in [5, 5.41) is 11.2. The second-order valence-corrected chi connectivity index (χ2v) is 4.03. The van der Waals surface area contributed by atoms with Crippen molar-refractivity contribution in [3.05, 3.63) is 42.1 Å². The zero-order valence-electron chi connectivity index (χ0n) is 9.63. The van der Waals surface area contributed by atoms with E-state index in [9.17, 15) is 5.11 Å². The normalized spacial score (nSPS) is 12.2. The third kappa shape index (κ3) is 2.64. The van der Waals surface area contributed by atoms with Crippen LogP contribution in [-0.4, -0.2) is 10.1 Å². The zero-order valence-corrected chi connectivity index (χ0v) is 9.63. The first kappa shape index (κ1) is 11.6. The van der Waals surface area contributed by atoms with E-state index < -0.39 is 6.10 Å². The molecule has 0 fully saturated rings. The molecule has 2 rings (SSSR count). The van der Waals surface area contributed by atoms with Gasteiger partial charge in [0, 0.05) is 18.0 Å². The van der Waals surface area contributed by atoms with Crippen LogP contribution in [0.25, 0.3) is 10.9 Å². The summed E-state index contributed by atoms with van der Waals surface area (Å²) in [5.74, 6) is 2.59. The minimum Gasteiger partial charge on any atom is -0.388 e. The quantitative estimate of drug-likeness (QED) is 0.640. The van der Waals surface area contributed by atoms with Crippen molar-refractivity contribution in [2.75, 3.05) is 0 Å². The first-order chi connectivity index (χ1) is 8.33. The fourth-order valence-corrected chi connectivity index (χ4v) is 1.96. The molecule has 1 aromatic carbocycles. The number of hydrogen-bond donors (Lipinski definition) is 1. The maximum Gasteiger partial charge on any atom is 0.0797 e. The molecule has 86 valence electrons. The van der Waals surface area contributed by atoms with Crippen molar-refractivity contribution in [2.24, 2.45) is 0 Å². The molecule has 0 saturated heterocycles. The number of rotatable bonds is 4. The van der Waals surface area contributed by atoms with Crippen LogP contribution in [0.4, 0.5) is 0 Å². The number of benzene rings is 1. The maximum absolute atomic E-state index is 10.1. The number of para-hydroxylation sites is 1. The number of pyridine rings is 1. The van der Waals surface area contributed by atoms with Crippen molar-refractivity contribution in [3.63, 3.8) is 0 Å². The highest BCUT2D eigenvalue weighted by Gasteiger charge is 2.10. The van der Waals surface area contributed by atoms with Crippen LogP contribution >= 0.6 is 0 Å². The maximum atomic E-state index is 10.1. The molecule has 0 spiro atoms. The largest absolute Gasteiger partial charge is 0.388 e. The van der Waals surface area contributed by atoms with Crippen LogP contribution in [-0.2, 0) is 0 Å². The number of hydrogen-bond acceptors (Lipinski definition) is 2. The number of fused-ring (bicyclic) bond motifs is 1. The summed E-state index contributed by atoms with van der Waals surface area (Å²) >= 11 is 0. The van der Waals surface area contributed by atoms with Gasteiger partial charge in [-0.2, -0.15) is 0 Å². The molecule has 0 radical (unpaired) electrons. The monoisotopic (exact) mass is 225 g/mol. The predicted molar refractivity (Wildman–Crippen MR) is 69.4 cm³/mol. The van der Waals surface area contributed by atoms with Crippen molar-refractivity contribution in [3.8, 4) is 12.3 Å². The van der Waals surface area contributed by atoms with E-state index >= 15 is 0 Å². The Morgan fingerprint density at radius 2 is 2.12 bits per heavy atom. The van der Waals surface area contributed by atoms with Crippen LogP contribution in [0.1, 0.15) is 30.9 Å². The third-order valence-electron chi connectivity index (χ3n) is 2.84. The highest BCUT2D eigenvalue weighted by Crippen LogP contribution is 2.25. The van der Waals surface area contributed by atoms with Gasteiger partial charge < -0.3 is 5.11 Å². The van der Waals surface area contributed by atoms with Gasteiger partial charge in [0.05, 0.1) is 11.6 Å². The number of aliphatic hydroxyl groups is 1. The Hall–Kier alpha value is -1.85. The van der Waals surface area contributed by atoms with Crippen LogP contribution < -0.4 is 0 Å². The van der Waals surface area contributed by atoms with Crippen LogP contribution in [0, 0.1) is 12.3 Å². The molecular formula is C15H15NO. The van der Waals surface area contributed by atoms with Crippen molar-refractivity contribution >= 4 is 10.9 Å². The molecule has 0 bridgehead atoms. The molecule has 0 saturated carbocycles. The summed E-state index contributed by atoms with van der Waals surface area (Å²) in [6, 6.07) is 9.73.